The highest BCUT2D eigenvalue weighted by atomic mass is 31.2. The highest BCUT2D eigenvalue weighted by Crippen LogP contribution is 2.43. The topological polar surface area (TPSA) is 134 Å². The van der Waals surface area contributed by atoms with E-state index in [0.717, 1.165) is 70.6 Å². The van der Waals surface area contributed by atoms with Gasteiger partial charge in [-0.1, -0.05) is 132 Å². The maximum absolute atomic E-state index is 12.5. The number of carbonyl (C=O) groups is 2. The number of phosphoric acid groups is 1. The van der Waals surface area contributed by atoms with E-state index in [0.29, 0.717) is 12.8 Å². The number of ether oxygens (including phenoxy) is 2. The van der Waals surface area contributed by atoms with E-state index in [1.54, 1.807) is 0 Å². The zero-order valence-electron chi connectivity index (χ0n) is 30.4. The van der Waals surface area contributed by atoms with E-state index in [1.165, 1.54) is 19.3 Å². The van der Waals surface area contributed by atoms with Crippen molar-refractivity contribution >= 4 is 19.8 Å². The molecule has 0 aliphatic carbocycles. The fourth-order valence-corrected chi connectivity index (χ4v) is 5.22. The lowest BCUT2D eigenvalue weighted by molar-refractivity contribution is -0.161. The van der Waals surface area contributed by atoms with Gasteiger partial charge in [-0.3, -0.25) is 18.6 Å². The number of esters is 2. The van der Waals surface area contributed by atoms with Gasteiger partial charge in [0.25, 0.3) is 0 Å². The van der Waals surface area contributed by atoms with Crippen molar-refractivity contribution in [1.29, 1.82) is 0 Å². The first-order chi connectivity index (χ1) is 23.8. The molecule has 9 nitrogen and oxygen atoms in total. The van der Waals surface area contributed by atoms with Gasteiger partial charge in [0.05, 0.1) is 13.2 Å². The van der Waals surface area contributed by atoms with Gasteiger partial charge < -0.3 is 20.1 Å². The molecule has 0 spiro atoms. The molecule has 0 aromatic rings. The molecule has 49 heavy (non-hydrogen) atoms. The summed E-state index contributed by atoms with van der Waals surface area (Å²) in [5, 5.41) is 0. The van der Waals surface area contributed by atoms with Crippen molar-refractivity contribution in [2.45, 2.75) is 136 Å². The lowest BCUT2D eigenvalue weighted by Crippen LogP contribution is -2.29. The minimum absolute atomic E-state index is 0.0409. The van der Waals surface area contributed by atoms with Crippen LogP contribution in [0.15, 0.2) is 72.9 Å². The Bertz CT molecular complexity index is 1030. The number of hydrogen-bond acceptors (Lipinski definition) is 8. The van der Waals surface area contributed by atoms with Crippen molar-refractivity contribution in [3.8, 4) is 0 Å². The quantitative estimate of drug-likeness (QED) is 0.0296. The van der Waals surface area contributed by atoms with E-state index in [2.05, 4.69) is 50.3 Å². The molecule has 0 radical (unpaired) electrons. The molecule has 2 atom stereocenters. The van der Waals surface area contributed by atoms with Gasteiger partial charge in [0.15, 0.2) is 6.10 Å². The van der Waals surface area contributed by atoms with Crippen LogP contribution < -0.4 is 5.73 Å². The van der Waals surface area contributed by atoms with Crippen molar-refractivity contribution in [3.05, 3.63) is 72.9 Å². The zero-order chi connectivity index (χ0) is 36.1. The third kappa shape index (κ3) is 35.1. The number of unbranched alkanes of at least 4 members (excludes halogenated alkanes) is 12. The molecule has 2 unspecified atom stereocenters. The molecular formula is C39H66NO8P. The lowest BCUT2D eigenvalue weighted by Gasteiger charge is -2.19. The second-order valence-electron chi connectivity index (χ2n) is 11.8. The standard InChI is InChI=1S/C39H66NO8P/c1-3-5-7-9-11-13-15-17-18-20-21-23-25-27-29-31-38(41)45-35-37(36-47-49(43,44)46-34-33-40)48-39(42)32-30-28-26-24-22-19-16-14-12-10-8-6-4-2/h6,8,10-17,19,22,37H,3-5,7,9,18,20-21,23-36,40H2,1-2H3,(H,43,44)/b8-6+,12-10+,13-11+,16-14+,17-15+,22-19+. The van der Waals surface area contributed by atoms with Crippen LogP contribution in [-0.4, -0.2) is 49.3 Å². The summed E-state index contributed by atoms with van der Waals surface area (Å²) in [6.45, 7) is 3.46. The van der Waals surface area contributed by atoms with Gasteiger partial charge in [-0.15, -0.1) is 0 Å². The maximum Gasteiger partial charge on any atom is 0.472 e. The second kappa shape index (κ2) is 35.3. The molecule has 0 aromatic carbocycles. The summed E-state index contributed by atoms with van der Waals surface area (Å²) >= 11 is 0. The first kappa shape index (κ1) is 46.5. The number of phosphoric ester groups is 1. The van der Waals surface area contributed by atoms with Crippen LogP contribution in [0.4, 0.5) is 0 Å². The van der Waals surface area contributed by atoms with Crippen LogP contribution in [0.2, 0.25) is 0 Å². The Labute approximate surface area is 297 Å². The van der Waals surface area contributed by atoms with Crippen molar-refractivity contribution < 1.29 is 37.6 Å². The summed E-state index contributed by atoms with van der Waals surface area (Å²) in [7, 11) is -4.39. The average Bonchev–Trinajstić information content (AvgIpc) is 3.08. The van der Waals surface area contributed by atoms with Gasteiger partial charge in [0.2, 0.25) is 0 Å². The molecule has 0 bridgehead atoms. The maximum atomic E-state index is 12.5. The fourth-order valence-electron chi connectivity index (χ4n) is 4.46. The Morgan fingerprint density at radius 3 is 1.71 bits per heavy atom. The van der Waals surface area contributed by atoms with Gasteiger partial charge in [-0.2, -0.15) is 0 Å². The lowest BCUT2D eigenvalue weighted by atomic mass is 10.1. The molecule has 0 saturated carbocycles. The largest absolute Gasteiger partial charge is 0.472 e. The molecule has 280 valence electrons. The predicted molar refractivity (Wildman–Crippen MR) is 201 cm³/mol. The van der Waals surface area contributed by atoms with Gasteiger partial charge in [0, 0.05) is 19.4 Å². The minimum atomic E-state index is -4.39. The van der Waals surface area contributed by atoms with Gasteiger partial charge in [-0.05, 0) is 57.8 Å². The molecule has 0 amide bonds. The highest BCUT2D eigenvalue weighted by Gasteiger charge is 2.25. The Morgan fingerprint density at radius 1 is 0.633 bits per heavy atom. The van der Waals surface area contributed by atoms with Crippen LogP contribution in [0.25, 0.3) is 0 Å². The second-order valence-corrected chi connectivity index (χ2v) is 13.3. The number of nitrogens with two attached hydrogens (primary N) is 1. The van der Waals surface area contributed by atoms with Gasteiger partial charge in [-0.25, -0.2) is 4.57 Å². The summed E-state index contributed by atoms with van der Waals surface area (Å²) in [4.78, 5) is 34.7. The van der Waals surface area contributed by atoms with Crippen LogP contribution in [0.5, 0.6) is 0 Å². The molecule has 0 aliphatic heterocycles. The first-order valence-electron chi connectivity index (χ1n) is 18.5. The van der Waals surface area contributed by atoms with E-state index < -0.39 is 32.5 Å². The van der Waals surface area contributed by atoms with E-state index in [1.807, 2.05) is 36.5 Å². The van der Waals surface area contributed by atoms with Crippen LogP contribution in [0.1, 0.15) is 129 Å². The average molecular weight is 708 g/mol. The highest BCUT2D eigenvalue weighted by molar-refractivity contribution is 7.47. The van der Waals surface area contributed by atoms with E-state index in [-0.39, 0.29) is 32.6 Å². The molecule has 10 heteroatoms. The van der Waals surface area contributed by atoms with Crippen LogP contribution in [0.3, 0.4) is 0 Å². The van der Waals surface area contributed by atoms with Gasteiger partial charge >= 0.3 is 19.8 Å². The number of allylic oxidation sites excluding steroid dienone is 12. The third-order valence-electron chi connectivity index (χ3n) is 7.20. The Morgan fingerprint density at radius 2 is 1.12 bits per heavy atom. The molecule has 0 heterocycles. The number of hydrogen-bond donors (Lipinski definition) is 2. The summed E-state index contributed by atoms with van der Waals surface area (Å²) in [6, 6.07) is 0. The number of rotatable bonds is 33. The van der Waals surface area contributed by atoms with E-state index in [9.17, 15) is 19.0 Å². The van der Waals surface area contributed by atoms with E-state index in [4.69, 9.17) is 24.3 Å². The molecular weight excluding hydrogens is 641 g/mol. The van der Waals surface area contributed by atoms with Crippen molar-refractivity contribution in [2.75, 3.05) is 26.4 Å². The Kier molecular flexibility index (Phi) is 33.4. The Balaban J connectivity index is 4.34. The molecule has 0 rings (SSSR count). The molecule has 0 fully saturated rings. The van der Waals surface area contributed by atoms with Gasteiger partial charge in [0.1, 0.15) is 6.61 Å². The monoisotopic (exact) mass is 707 g/mol. The summed E-state index contributed by atoms with van der Waals surface area (Å²) in [6.07, 6.45) is 40.8. The summed E-state index contributed by atoms with van der Waals surface area (Å²) < 4.78 is 32.6. The predicted octanol–water partition coefficient (Wildman–Crippen LogP) is 9.93. The molecule has 3 N–H and O–H groups in total. The zero-order valence-corrected chi connectivity index (χ0v) is 31.3. The van der Waals surface area contributed by atoms with Crippen molar-refractivity contribution in [3.63, 3.8) is 0 Å². The van der Waals surface area contributed by atoms with Crippen LogP contribution in [-0.2, 0) is 32.7 Å². The van der Waals surface area contributed by atoms with E-state index >= 15 is 0 Å². The third-order valence-corrected chi connectivity index (χ3v) is 8.18. The first-order valence-corrected chi connectivity index (χ1v) is 20.0. The minimum Gasteiger partial charge on any atom is -0.462 e. The van der Waals surface area contributed by atoms with Crippen LogP contribution in [0, 0.1) is 0 Å². The summed E-state index contributed by atoms with van der Waals surface area (Å²) in [5.41, 5.74) is 5.32. The van der Waals surface area contributed by atoms with Crippen LogP contribution >= 0.6 is 7.82 Å². The Hall–Kier alpha value is -2.55. The molecule has 0 saturated heterocycles. The van der Waals surface area contributed by atoms with Crippen molar-refractivity contribution in [1.82, 2.24) is 0 Å². The van der Waals surface area contributed by atoms with Crippen molar-refractivity contribution in [2.24, 2.45) is 5.73 Å². The molecule has 0 aromatic heterocycles. The SMILES string of the molecule is CC/C=C/C=C/C=C/C=C/CCCCCC(=O)OC(COC(=O)CCCCCCCC/C=C/C=C/CCCCC)COP(=O)(O)OCCN. The number of carbonyl (C=O) groups excluding carboxylic acids is 2. The molecule has 0 aliphatic rings. The smallest absolute Gasteiger partial charge is 0.462 e. The summed E-state index contributed by atoms with van der Waals surface area (Å²) in [5.74, 6) is -0.898. The normalized spacial score (nSPS) is 14.3. The fraction of sp³-hybridized carbons (Fsp3) is 0.641.